The molecule has 1 saturated heterocycles. The molecule has 7 heteroatoms. The number of aryl methyl sites for hydroxylation is 3. The van der Waals surface area contributed by atoms with Crippen LogP contribution in [0.2, 0.25) is 0 Å². The Morgan fingerprint density at radius 1 is 1.19 bits per heavy atom. The summed E-state index contributed by atoms with van der Waals surface area (Å²) < 4.78 is 10.8. The molecule has 0 N–H and O–H groups in total. The first-order valence-corrected chi connectivity index (χ1v) is 9.21. The fourth-order valence-electron chi connectivity index (χ4n) is 3.43. The molecule has 27 heavy (non-hydrogen) atoms. The van der Waals surface area contributed by atoms with Crippen molar-refractivity contribution in [2.24, 2.45) is 5.92 Å². The highest BCUT2D eigenvalue weighted by atomic mass is 16.6. The molecule has 1 aliphatic rings. The van der Waals surface area contributed by atoms with Gasteiger partial charge in [-0.2, -0.15) is 0 Å². The number of likely N-dealkylation sites (tertiary alicyclic amines) is 1. The number of carbonyl (C=O) groups excluding carboxylic acids is 2. The van der Waals surface area contributed by atoms with Crippen LogP contribution < -0.4 is 0 Å². The number of amides is 1. The van der Waals surface area contributed by atoms with Crippen LogP contribution in [0.3, 0.4) is 0 Å². The van der Waals surface area contributed by atoms with E-state index in [1.165, 1.54) is 0 Å². The van der Waals surface area contributed by atoms with Crippen molar-refractivity contribution in [1.29, 1.82) is 0 Å². The zero-order chi connectivity index (χ0) is 19.6. The quantitative estimate of drug-likeness (QED) is 0.768. The maximum absolute atomic E-state index is 12.9. The summed E-state index contributed by atoms with van der Waals surface area (Å²) in [5.74, 6) is -0.0214. The summed E-state index contributed by atoms with van der Waals surface area (Å²) in [6.07, 6.45) is 0.860. The number of rotatable bonds is 4. The monoisotopic (exact) mass is 371 g/mol. The number of nitrogens with zero attached hydrogens (tertiary/aromatic N) is 3. The lowest BCUT2D eigenvalue weighted by atomic mass is 9.97. The molecule has 1 aromatic carbocycles. The van der Waals surface area contributed by atoms with Crippen LogP contribution >= 0.6 is 0 Å². The number of carbonyl (C=O) groups is 2. The van der Waals surface area contributed by atoms with Gasteiger partial charge in [-0.25, -0.2) is 0 Å². The lowest BCUT2D eigenvalue weighted by Gasteiger charge is -2.32. The molecule has 0 unspecified atom stereocenters. The molecule has 0 radical (unpaired) electrons. The summed E-state index contributed by atoms with van der Waals surface area (Å²) in [6, 6.07) is 5.81. The number of hydrogen-bond acceptors (Lipinski definition) is 6. The second-order valence-electron chi connectivity index (χ2n) is 7.21. The zero-order valence-corrected chi connectivity index (χ0v) is 16.2. The third-order valence-corrected chi connectivity index (χ3v) is 4.69. The van der Waals surface area contributed by atoms with Crippen LogP contribution in [-0.4, -0.2) is 40.1 Å². The van der Waals surface area contributed by atoms with Crippen molar-refractivity contribution in [3.8, 4) is 0 Å². The first-order chi connectivity index (χ1) is 12.8. The molecular weight excluding hydrogens is 346 g/mol. The third-order valence-electron chi connectivity index (χ3n) is 4.69. The van der Waals surface area contributed by atoms with E-state index in [1.807, 2.05) is 32.0 Å². The average molecular weight is 371 g/mol. The molecular formula is C20H25N3O4. The smallest absolute Gasteiger partial charge is 0.311 e. The highest BCUT2D eigenvalue weighted by Crippen LogP contribution is 2.24. The lowest BCUT2D eigenvalue weighted by Crippen LogP contribution is -2.43. The van der Waals surface area contributed by atoms with Gasteiger partial charge in [0.1, 0.15) is 0 Å². The minimum Gasteiger partial charge on any atom is -0.452 e. The summed E-state index contributed by atoms with van der Waals surface area (Å²) in [5.41, 5.74) is 2.77. The maximum atomic E-state index is 12.9. The minimum atomic E-state index is -0.607. The SMILES string of the molecule is Cc1cc(C)cc(C(=O)N2CCC[C@@H](C(=O)O[C@@H](C)c3nnc(C)o3)C2)c1. The van der Waals surface area contributed by atoms with Gasteiger partial charge in [0.05, 0.1) is 5.92 Å². The highest BCUT2D eigenvalue weighted by Gasteiger charge is 2.31. The predicted molar refractivity (Wildman–Crippen MR) is 98.1 cm³/mol. The topological polar surface area (TPSA) is 85.5 Å². The van der Waals surface area contributed by atoms with Crippen molar-refractivity contribution in [2.45, 2.75) is 46.6 Å². The van der Waals surface area contributed by atoms with Gasteiger partial charge in [0, 0.05) is 25.6 Å². The molecule has 3 rings (SSSR count). The summed E-state index contributed by atoms with van der Waals surface area (Å²) in [6.45, 7) is 8.34. The Kier molecular flexibility index (Phi) is 5.58. The predicted octanol–water partition coefficient (Wildman–Crippen LogP) is 3.15. The van der Waals surface area contributed by atoms with Crippen molar-refractivity contribution in [2.75, 3.05) is 13.1 Å². The van der Waals surface area contributed by atoms with Crippen LogP contribution in [-0.2, 0) is 9.53 Å². The van der Waals surface area contributed by atoms with E-state index in [2.05, 4.69) is 10.2 Å². The molecule has 7 nitrogen and oxygen atoms in total. The first-order valence-electron chi connectivity index (χ1n) is 9.21. The van der Waals surface area contributed by atoms with Crippen LogP contribution in [0.1, 0.15) is 59.1 Å². The van der Waals surface area contributed by atoms with Gasteiger partial charge < -0.3 is 14.1 Å². The summed E-state index contributed by atoms with van der Waals surface area (Å²) in [5, 5.41) is 7.63. The van der Waals surface area contributed by atoms with Gasteiger partial charge in [0.2, 0.25) is 5.89 Å². The molecule has 0 saturated carbocycles. The van der Waals surface area contributed by atoms with Crippen LogP contribution in [0.25, 0.3) is 0 Å². The van der Waals surface area contributed by atoms with Gasteiger partial charge in [0.15, 0.2) is 6.10 Å². The lowest BCUT2D eigenvalue weighted by molar-refractivity contribution is -0.156. The summed E-state index contributed by atoms with van der Waals surface area (Å²) >= 11 is 0. The zero-order valence-electron chi connectivity index (χ0n) is 16.2. The molecule has 0 bridgehead atoms. The largest absolute Gasteiger partial charge is 0.452 e. The number of benzene rings is 1. The number of hydrogen-bond donors (Lipinski definition) is 0. The first kappa shape index (κ1) is 19.1. The summed E-state index contributed by atoms with van der Waals surface area (Å²) in [4.78, 5) is 27.2. The Balaban J connectivity index is 1.64. The summed E-state index contributed by atoms with van der Waals surface area (Å²) in [7, 11) is 0. The van der Waals surface area contributed by atoms with Gasteiger partial charge in [-0.3, -0.25) is 9.59 Å². The fourth-order valence-corrected chi connectivity index (χ4v) is 3.43. The van der Waals surface area contributed by atoms with Crippen molar-refractivity contribution in [1.82, 2.24) is 15.1 Å². The van der Waals surface area contributed by atoms with Crippen molar-refractivity contribution in [3.63, 3.8) is 0 Å². The van der Waals surface area contributed by atoms with Crippen molar-refractivity contribution < 1.29 is 18.7 Å². The van der Waals surface area contributed by atoms with E-state index in [1.54, 1.807) is 18.7 Å². The normalized spacial score (nSPS) is 18.2. The maximum Gasteiger partial charge on any atom is 0.311 e. The molecule has 1 amide bonds. The fraction of sp³-hybridized carbons (Fsp3) is 0.500. The molecule has 1 aromatic heterocycles. The standard InChI is InChI=1S/C20H25N3O4/c1-12-8-13(2)10-17(9-12)19(24)23-7-5-6-16(11-23)20(25)26-14(3)18-22-21-15(4)27-18/h8-10,14,16H,5-7,11H2,1-4H3/t14-,16+/m0/s1. The van der Waals surface area contributed by atoms with Gasteiger partial charge in [0.25, 0.3) is 11.8 Å². The Labute approximate surface area is 158 Å². The van der Waals surface area contributed by atoms with E-state index < -0.39 is 6.10 Å². The molecule has 2 heterocycles. The van der Waals surface area contributed by atoms with E-state index >= 15 is 0 Å². The molecule has 0 spiro atoms. The highest BCUT2D eigenvalue weighted by molar-refractivity contribution is 5.95. The molecule has 2 atom stereocenters. The van der Waals surface area contributed by atoms with Gasteiger partial charge >= 0.3 is 5.97 Å². The Bertz CT molecular complexity index is 825. The van der Waals surface area contributed by atoms with Crippen LogP contribution in [0.5, 0.6) is 0 Å². The molecule has 1 fully saturated rings. The number of esters is 1. The van der Waals surface area contributed by atoms with Gasteiger partial charge in [-0.05, 0) is 45.7 Å². The number of aromatic nitrogens is 2. The van der Waals surface area contributed by atoms with E-state index in [4.69, 9.17) is 9.15 Å². The van der Waals surface area contributed by atoms with Crippen LogP contribution in [0.4, 0.5) is 0 Å². The van der Waals surface area contributed by atoms with Crippen molar-refractivity contribution >= 4 is 11.9 Å². The average Bonchev–Trinajstić information content (AvgIpc) is 3.07. The van der Waals surface area contributed by atoms with Crippen LogP contribution in [0, 0.1) is 26.7 Å². The third kappa shape index (κ3) is 4.53. The van der Waals surface area contributed by atoms with E-state index in [9.17, 15) is 9.59 Å². The molecule has 2 aromatic rings. The van der Waals surface area contributed by atoms with Crippen molar-refractivity contribution in [3.05, 3.63) is 46.7 Å². The second kappa shape index (κ2) is 7.90. The van der Waals surface area contributed by atoms with Crippen LogP contribution in [0.15, 0.2) is 22.6 Å². The van der Waals surface area contributed by atoms with E-state index in [-0.39, 0.29) is 23.7 Å². The minimum absolute atomic E-state index is 0.0418. The Hall–Kier alpha value is -2.70. The van der Waals surface area contributed by atoms with E-state index in [0.29, 0.717) is 31.0 Å². The van der Waals surface area contributed by atoms with Gasteiger partial charge in [-0.15, -0.1) is 10.2 Å². The Morgan fingerprint density at radius 2 is 1.89 bits per heavy atom. The molecule has 144 valence electrons. The van der Waals surface area contributed by atoms with E-state index in [0.717, 1.165) is 17.5 Å². The number of ether oxygens (including phenoxy) is 1. The molecule has 1 aliphatic heterocycles. The second-order valence-corrected chi connectivity index (χ2v) is 7.21. The molecule has 0 aliphatic carbocycles. The van der Waals surface area contributed by atoms with Gasteiger partial charge in [-0.1, -0.05) is 17.2 Å². The Morgan fingerprint density at radius 3 is 2.52 bits per heavy atom. The number of piperidine rings is 1.